The van der Waals surface area contributed by atoms with Crippen molar-refractivity contribution >= 4 is 46.0 Å². The van der Waals surface area contributed by atoms with Gasteiger partial charge in [0.2, 0.25) is 0 Å². The summed E-state index contributed by atoms with van der Waals surface area (Å²) in [5.41, 5.74) is 1.22. The van der Waals surface area contributed by atoms with E-state index in [1.807, 2.05) is 36.4 Å². The van der Waals surface area contributed by atoms with Crippen molar-refractivity contribution in [2.75, 3.05) is 4.90 Å². The van der Waals surface area contributed by atoms with Gasteiger partial charge in [0.05, 0.1) is 10.6 Å². The molecule has 1 saturated heterocycles. The maximum atomic E-state index is 13.9. The van der Waals surface area contributed by atoms with Gasteiger partial charge in [-0.25, -0.2) is 4.39 Å². The number of thioether (sulfide) groups is 1. The van der Waals surface area contributed by atoms with E-state index in [2.05, 4.69) is 0 Å². The summed E-state index contributed by atoms with van der Waals surface area (Å²) in [4.78, 5) is 14.2. The lowest BCUT2D eigenvalue weighted by atomic mass is 10.2. The predicted octanol–water partition coefficient (Wildman–Crippen LogP) is 4.79. The first-order chi connectivity index (χ1) is 11.2. The molecule has 0 unspecified atom stereocenters. The van der Waals surface area contributed by atoms with Crippen LogP contribution in [0.5, 0.6) is 0 Å². The van der Waals surface area contributed by atoms with E-state index < -0.39 is 5.82 Å². The van der Waals surface area contributed by atoms with E-state index in [1.54, 1.807) is 30.4 Å². The number of nitrogens with zero attached hydrogens (tertiary/aromatic N) is 1. The Morgan fingerprint density at radius 2 is 1.74 bits per heavy atom. The molecule has 0 aromatic heterocycles. The van der Waals surface area contributed by atoms with Gasteiger partial charge in [-0.3, -0.25) is 9.69 Å². The zero-order valence-corrected chi connectivity index (χ0v) is 13.6. The third kappa shape index (κ3) is 3.41. The topological polar surface area (TPSA) is 20.3 Å². The van der Waals surface area contributed by atoms with E-state index in [-0.39, 0.29) is 11.6 Å². The quantitative estimate of drug-likeness (QED) is 0.591. The Labute approximate surface area is 143 Å². The number of allylic oxidation sites excluding steroid dienone is 2. The average molecular weight is 341 g/mol. The number of thiocarbonyl (C=S) groups is 1. The lowest BCUT2D eigenvalue weighted by Gasteiger charge is -2.14. The van der Waals surface area contributed by atoms with Gasteiger partial charge in [-0.15, -0.1) is 0 Å². The van der Waals surface area contributed by atoms with Crippen LogP contribution in [0.15, 0.2) is 71.7 Å². The Morgan fingerprint density at radius 3 is 2.48 bits per heavy atom. The maximum Gasteiger partial charge on any atom is 0.270 e. The Morgan fingerprint density at radius 1 is 1.04 bits per heavy atom. The van der Waals surface area contributed by atoms with Gasteiger partial charge >= 0.3 is 0 Å². The fourth-order valence-corrected chi connectivity index (χ4v) is 3.37. The van der Waals surface area contributed by atoms with Crippen LogP contribution in [0.2, 0.25) is 0 Å². The number of halogens is 1. The molecule has 0 spiro atoms. The third-order valence-corrected chi connectivity index (χ3v) is 4.54. The molecule has 1 amide bonds. The van der Waals surface area contributed by atoms with Crippen LogP contribution in [0.25, 0.3) is 6.08 Å². The van der Waals surface area contributed by atoms with Crippen molar-refractivity contribution in [3.8, 4) is 0 Å². The largest absolute Gasteiger partial charge is 0.270 e. The first kappa shape index (κ1) is 15.6. The summed E-state index contributed by atoms with van der Waals surface area (Å²) in [5, 5.41) is 0. The first-order valence-corrected chi connectivity index (χ1v) is 8.13. The predicted molar refractivity (Wildman–Crippen MR) is 97.6 cm³/mol. The van der Waals surface area contributed by atoms with E-state index in [1.165, 1.54) is 22.7 Å². The Kier molecular flexibility index (Phi) is 4.69. The summed E-state index contributed by atoms with van der Waals surface area (Å²) in [6.45, 7) is 0. The second kappa shape index (κ2) is 6.89. The molecule has 0 radical (unpaired) electrons. The molecule has 0 aliphatic carbocycles. The molecule has 1 heterocycles. The molecule has 0 saturated carbocycles. The molecular weight excluding hydrogens is 329 g/mol. The molecule has 0 N–H and O–H groups in total. The van der Waals surface area contributed by atoms with Crippen LogP contribution in [-0.4, -0.2) is 10.2 Å². The fourth-order valence-electron chi connectivity index (χ4n) is 2.13. The summed E-state index contributed by atoms with van der Waals surface area (Å²) >= 11 is 6.39. The molecule has 114 valence electrons. The van der Waals surface area contributed by atoms with Crippen LogP contribution in [-0.2, 0) is 4.79 Å². The molecule has 2 aromatic rings. The molecule has 0 atom stereocenters. The van der Waals surface area contributed by atoms with E-state index in [0.717, 1.165) is 5.56 Å². The van der Waals surface area contributed by atoms with Crippen LogP contribution in [0, 0.1) is 5.82 Å². The second-order valence-electron chi connectivity index (χ2n) is 4.76. The Bertz CT molecular complexity index is 815. The van der Waals surface area contributed by atoms with Gasteiger partial charge in [-0.05, 0) is 23.8 Å². The summed E-state index contributed by atoms with van der Waals surface area (Å²) < 4.78 is 14.2. The van der Waals surface area contributed by atoms with Gasteiger partial charge in [-0.2, -0.15) is 0 Å². The number of amides is 1. The highest BCUT2D eigenvalue weighted by atomic mass is 32.2. The van der Waals surface area contributed by atoms with Gasteiger partial charge in [0.25, 0.3) is 5.91 Å². The molecule has 23 heavy (non-hydrogen) atoms. The van der Waals surface area contributed by atoms with Crippen molar-refractivity contribution < 1.29 is 9.18 Å². The lowest BCUT2D eigenvalue weighted by Crippen LogP contribution is -2.28. The zero-order valence-electron chi connectivity index (χ0n) is 12.0. The van der Waals surface area contributed by atoms with E-state index in [0.29, 0.717) is 9.23 Å². The van der Waals surface area contributed by atoms with Gasteiger partial charge in [0.1, 0.15) is 5.82 Å². The molecule has 2 aromatic carbocycles. The van der Waals surface area contributed by atoms with Crippen molar-refractivity contribution in [1.82, 2.24) is 0 Å². The maximum absolute atomic E-state index is 13.9. The van der Waals surface area contributed by atoms with Crippen molar-refractivity contribution in [3.63, 3.8) is 0 Å². The molecule has 1 fully saturated rings. The highest BCUT2D eigenvalue weighted by molar-refractivity contribution is 8.27. The van der Waals surface area contributed by atoms with E-state index >= 15 is 0 Å². The summed E-state index contributed by atoms with van der Waals surface area (Å²) in [7, 11) is 0. The van der Waals surface area contributed by atoms with Gasteiger partial charge in [0.15, 0.2) is 4.32 Å². The van der Waals surface area contributed by atoms with Crippen LogP contribution in [0.1, 0.15) is 5.56 Å². The van der Waals surface area contributed by atoms with Gasteiger partial charge in [0, 0.05) is 0 Å². The number of benzene rings is 2. The van der Waals surface area contributed by atoms with Crippen molar-refractivity contribution in [3.05, 3.63) is 83.0 Å². The summed E-state index contributed by atoms with van der Waals surface area (Å²) in [6, 6.07) is 15.9. The van der Waals surface area contributed by atoms with Crippen LogP contribution in [0.3, 0.4) is 0 Å². The number of carbonyl (C=O) groups excluding carboxylic acids is 1. The SMILES string of the molecule is O=C1/C(=C/C=C/c2ccccc2)SC(=S)N1c1ccccc1F. The molecular formula is C18H12FNOS2. The average Bonchev–Trinajstić information content (AvgIpc) is 2.83. The molecule has 1 aliphatic heterocycles. The summed E-state index contributed by atoms with van der Waals surface area (Å²) in [6.07, 6.45) is 5.39. The molecule has 1 aliphatic rings. The normalized spacial score (nSPS) is 16.7. The smallest absolute Gasteiger partial charge is 0.268 e. The Hall–Kier alpha value is -2.24. The molecule has 2 nitrogen and oxygen atoms in total. The van der Waals surface area contributed by atoms with Gasteiger partial charge < -0.3 is 0 Å². The highest BCUT2D eigenvalue weighted by Gasteiger charge is 2.34. The van der Waals surface area contributed by atoms with Crippen molar-refractivity contribution in [2.24, 2.45) is 0 Å². The number of rotatable bonds is 3. The minimum Gasteiger partial charge on any atom is -0.268 e. The van der Waals surface area contributed by atoms with Gasteiger partial charge in [-0.1, -0.05) is 78.6 Å². The molecule has 0 bridgehead atoms. The monoisotopic (exact) mass is 341 g/mol. The third-order valence-electron chi connectivity index (χ3n) is 3.22. The van der Waals surface area contributed by atoms with Crippen molar-refractivity contribution in [1.29, 1.82) is 0 Å². The van der Waals surface area contributed by atoms with E-state index in [4.69, 9.17) is 12.2 Å². The number of hydrogen-bond donors (Lipinski definition) is 0. The fraction of sp³-hybridized carbons (Fsp3) is 0. The highest BCUT2D eigenvalue weighted by Crippen LogP contribution is 2.35. The lowest BCUT2D eigenvalue weighted by molar-refractivity contribution is -0.113. The first-order valence-electron chi connectivity index (χ1n) is 6.91. The number of para-hydroxylation sites is 1. The number of hydrogen-bond acceptors (Lipinski definition) is 3. The van der Waals surface area contributed by atoms with Crippen LogP contribution < -0.4 is 4.90 Å². The standard InChI is InChI=1S/C18H12FNOS2/c19-14-10-4-5-11-15(14)20-17(21)16(23-18(20)22)12-6-9-13-7-2-1-3-8-13/h1-12H/b9-6+,16-12-. The summed E-state index contributed by atoms with van der Waals surface area (Å²) in [5.74, 6) is -0.771. The second-order valence-corrected chi connectivity index (χ2v) is 6.44. The van der Waals surface area contributed by atoms with E-state index in [9.17, 15) is 9.18 Å². The van der Waals surface area contributed by atoms with Crippen LogP contribution >= 0.6 is 24.0 Å². The van der Waals surface area contributed by atoms with Crippen LogP contribution in [0.4, 0.5) is 10.1 Å². The minimum atomic E-state index is -0.468. The molecule has 5 heteroatoms. The zero-order chi connectivity index (χ0) is 16.2. The minimum absolute atomic E-state index is 0.186. The molecule has 3 rings (SSSR count). The number of carbonyl (C=O) groups is 1. The number of anilines is 1. The van der Waals surface area contributed by atoms with Crippen molar-refractivity contribution in [2.45, 2.75) is 0 Å². The Balaban J connectivity index is 1.83.